The van der Waals surface area contributed by atoms with Crippen LogP contribution in [0.1, 0.15) is 42.9 Å². The van der Waals surface area contributed by atoms with Gasteiger partial charge in [-0.3, -0.25) is 4.79 Å². The van der Waals surface area contributed by atoms with Crippen LogP contribution in [0.3, 0.4) is 0 Å². The SMILES string of the molecule is CCN(Cc1nccn1C)C(=O)c1ccc(OC[C@@]2(C)CCCNC2)nc1. The van der Waals surface area contributed by atoms with Crippen molar-refractivity contribution in [3.05, 3.63) is 42.1 Å². The lowest BCUT2D eigenvalue weighted by Crippen LogP contribution is -2.41. The third-order valence-corrected chi connectivity index (χ3v) is 5.16. The zero-order valence-electron chi connectivity index (χ0n) is 16.4. The van der Waals surface area contributed by atoms with Crippen LogP contribution in [0.2, 0.25) is 0 Å². The number of hydrogen-bond donors (Lipinski definition) is 1. The van der Waals surface area contributed by atoms with E-state index in [2.05, 4.69) is 22.2 Å². The lowest BCUT2D eigenvalue weighted by molar-refractivity contribution is 0.0746. The lowest BCUT2D eigenvalue weighted by atomic mass is 9.84. The normalized spacial score (nSPS) is 19.7. The number of pyridine rings is 1. The van der Waals surface area contributed by atoms with Gasteiger partial charge in [-0.1, -0.05) is 6.92 Å². The van der Waals surface area contributed by atoms with Gasteiger partial charge >= 0.3 is 0 Å². The van der Waals surface area contributed by atoms with E-state index >= 15 is 0 Å². The van der Waals surface area contributed by atoms with E-state index in [9.17, 15) is 4.79 Å². The monoisotopic (exact) mass is 371 g/mol. The van der Waals surface area contributed by atoms with Crippen LogP contribution in [0.5, 0.6) is 5.88 Å². The Balaban J connectivity index is 1.59. The molecule has 1 saturated heterocycles. The van der Waals surface area contributed by atoms with Crippen molar-refractivity contribution >= 4 is 5.91 Å². The molecule has 0 aromatic carbocycles. The molecule has 146 valence electrons. The van der Waals surface area contributed by atoms with E-state index in [0.717, 1.165) is 25.3 Å². The van der Waals surface area contributed by atoms with Gasteiger partial charge in [-0.05, 0) is 32.4 Å². The zero-order chi connectivity index (χ0) is 19.3. The highest BCUT2D eigenvalue weighted by Gasteiger charge is 2.27. The van der Waals surface area contributed by atoms with E-state index in [1.54, 1.807) is 29.4 Å². The molecule has 1 fully saturated rings. The van der Waals surface area contributed by atoms with Gasteiger partial charge in [-0.2, -0.15) is 0 Å². The van der Waals surface area contributed by atoms with Crippen molar-refractivity contribution in [2.75, 3.05) is 26.2 Å². The molecule has 2 aromatic rings. The molecule has 1 aliphatic rings. The molecule has 1 amide bonds. The van der Waals surface area contributed by atoms with Gasteiger partial charge < -0.3 is 19.5 Å². The van der Waals surface area contributed by atoms with E-state index in [4.69, 9.17) is 4.74 Å². The molecule has 27 heavy (non-hydrogen) atoms. The van der Waals surface area contributed by atoms with Crippen molar-refractivity contribution in [1.29, 1.82) is 0 Å². The van der Waals surface area contributed by atoms with E-state index < -0.39 is 0 Å². The summed E-state index contributed by atoms with van der Waals surface area (Å²) in [6.45, 7) is 7.94. The molecule has 0 unspecified atom stereocenters. The largest absolute Gasteiger partial charge is 0.477 e. The number of ether oxygens (including phenoxy) is 1. The van der Waals surface area contributed by atoms with E-state index in [-0.39, 0.29) is 11.3 Å². The Kier molecular flexibility index (Phi) is 6.11. The molecular formula is C20H29N5O2. The molecule has 0 saturated carbocycles. The molecule has 1 N–H and O–H groups in total. The second-order valence-electron chi connectivity index (χ2n) is 7.54. The van der Waals surface area contributed by atoms with Gasteiger partial charge in [0.25, 0.3) is 5.91 Å². The van der Waals surface area contributed by atoms with Gasteiger partial charge in [0.2, 0.25) is 5.88 Å². The first kappa shape index (κ1) is 19.4. The second-order valence-corrected chi connectivity index (χ2v) is 7.54. The third kappa shape index (κ3) is 4.86. The van der Waals surface area contributed by atoms with E-state index in [1.165, 1.54) is 6.42 Å². The zero-order valence-corrected chi connectivity index (χ0v) is 16.4. The smallest absolute Gasteiger partial charge is 0.255 e. The number of rotatable bonds is 7. The quantitative estimate of drug-likeness (QED) is 0.808. The first-order chi connectivity index (χ1) is 13.0. The first-order valence-electron chi connectivity index (χ1n) is 9.56. The summed E-state index contributed by atoms with van der Waals surface area (Å²) in [5.74, 6) is 1.36. The lowest BCUT2D eigenvalue weighted by Gasteiger charge is -2.33. The average Bonchev–Trinajstić information content (AvgIpc) is 3.09. The number of imidazole rings is 1. The van der Waals surface area contributed by atoms with Crippen molar-refractivity contribution in [3.8, 4) is 5.88 Å². The molecule has 0 spiro atoms. The number of nitrogens with zero attached hydrogens (tertiary/aromatic N) is 4. The molecule has 1 aliphatic heterocycles. The third-order valence-electron chi connectivity index (χ3n) is 5.16. The predicted octanol–water partition coefficient (Wildman–Crippen LogP) is 2.25. The number of carbonyl (C=O) groups is 1. The Hall–Kier alpha value is -2.41. The summed E-state index contributed by atoms with van der Waals surface area (Å²) < 4.78 is 7.80. The number of piperidine rings is 1. The summed E-state index contributed by atoms with van der Waals surface area (Å²) in [5, 5.41) is 3.42. The number of hydrogen-bond acceptors (Lipinski definition) is 5. The topological polar surface area (TPSA) is 72.3 Å². The van der Waals surface area contributed by atoms with Crippen LogP contribution in [0.4, 0.5) is 0 Å². The summed E-state index contributed by atoms with van der Waals surface area (Å²) in [6, 6.07) is 3.56. The summed E-state index contributed by atoms with van der Waals surface area (Å²) in [4.78, 5) is 23.2. The Morgan fingerprint density at radius 2 is 2.26 bits per heavy atom. The maximum absolute atomic E-state index is 12.8. The van der Waals surface area contributed by atoms with Gasteiger partial charge in [-0.25, -0.2) is 9.97 Å². The Labute approximate surface area is 160 Å². The summed E-state index contributed by atoms with van der Waals surface area (Å²) >= 11 is 0. The minimum atomic E-state index is -0.0528. The minimum Gasteiger partial charge on any atom is -0.477 e. The van der Waals surface area contributed by atoms with Crippen LogP contribution >= 0.6 is 0 Å². The maximum atomic E-state index is 12.8. The van der Waals surface area contributed by atoms with Crippen LogP contribution in [-0.2, 0) is 13.6 Å². The molecule has 0 radical (unpaired) electrons. The summed E-state index contributed by atoms with van der Waals surface area (Å²) in [7, 11) is 1.93. The van der Waals surface area contributed by atoms with E-state index in [0.29, 0.717) is 31.1 Å². The van der Waals surface area contributed by atoms with Gasteiger partial charge in [-0.15, -0.1) is 0 Å². The maximum Gasteiger partial charge on any atom is 0.255 e. The molecule has 2 aromatic heterocycles. The highest BCUT2D eigenvalue weighted by Crippen LogP contribution is 2.26. The number of carbonyl (C=O) groups excluding carboxylic acids is 1. The number of nitrogens with one attached hydrogen (secondary N) is 1. The van der Waals surface area contributed by atoms with Gasteiger partial charge in [0.1, 0.15) is 5.82 Å². The molecule has 3 heterocycles. The van der Waals surface area contributed by atoms with Crippen LogP contribution in [-0.4, -0.2) is 51.6 Å². The molecule has 7 nitrogen and oxygen atoms in total. The van der Waals surface area contributed by atoms with Crippen LogP contribution in [0.25, 0.3) is 0 Å². The fraction of sp³-hybridized carbons (Fsp3) is 0.550. The Bertz CT molecular complexity index is 750. The highest BCUT2D eigenvalue weighted by molar-refractivity contribution is 5.93. The van der Waals surface area contributed by atoms with Crippen LogP contribution < -0.4 is 10.1 Å². The molecular weight excluding hydrogens is 342 g/mol. The average molecular weight is 371 g/mol. The minimum absolute atomic E-state index is 0.0528. The number of aryl methyl sites for hydroxylation is 1. The van der Waals surface area contributed by atoms with Crippen molar-refractivity contribution in [2.45, 2.75) is 33.2 Å². The van der Waals surface area contributed by atoms with Crippen molar-refractivity contribution in [1.82, 2.24) is 24.8 Å². The molecule has 0 aliphatic carbocycles. The Morgan fingerprint density at radius 3 is 2.85 bits per heavy atom. The van der Waals surface area contributed by atoms with Crippen molar-refractivity contribution < 1.29 is 9.53 Å². The van der Waals surface area contributed by atoms with Crippen molar-refractivity contribution in [2.24, 2.45) is 12.5 Å². The standard InChI is InChI=1S/C20H29N5O2/c1-4-25(13-17-22-10-11-24(17)3)19(26)16-6-7-18(23-12-16)27-15-20(2)8-5-9-21-14-20/h6-7,10-12,21H,4-5,8-9,13-15H2,1-3H3/t20-/m0/s1. The summed E-state index contributed by atoms with van der Waals surface area (Å²) in [5.41, 5.74) is 0.694. The summed E-state index contributed by atoms with van der Waals surface area (Å²) in [6.07, 6.45) is 7.53. The molecule has 7 heteroatoms. The van der Waals surface area contributed by atoms with Gasteiger partial charge in [0, 0.05) is 50.2 Å². The highest BCUT2D eigenvalue weighted by atomic mass is 16.5. The number of aromatic nitrogens is 3. The molecule has 0 bridgehead atoms. The molecule has 3 rings (SSSR count). The molecule has 1 atom stereocenters. The predicted molar refractivity (Wildman–Crippen MR) is 104 cm³/mol. The van der Waals surface area contributed by atoms with E-state index in [1.807, 2.05) is 24.7 Å². The van der Waals surface area contributed by atoms with Crippen LogP contribution in [0, 0.1) is 5.41 Å². The first-order valence-corrected chi connectivity index (χ1v) is 9.56. The van der Waals surface area contributed by atoms with Gasteiger partial charge in [0.15, 0.2) is 0 Å². The van der Waals surface area contributed by atoms with Crippen LogP contribution in [0.15, 0.2) is 30.7 Å². The second kappa shape index (κ2) is 8.52. The fourth-order valence-corrected chi connectivity index (χ4v) is 3.31. The number of amides is 1. The van der Waals surface area contributed by atoms with Gasteiger partial charge in [0.05, 0.1) is 18.7 Å². The Morgan fingerprint density at radius 1 is 1.41 bits per heavy atom. The fourth-order valence-electron chi connectivity index (χ4n) is 3.31. The van der Waals surface area contributed by atoms with Crippen molar-refractivity contribution in [3.63, 3.8) is 0 Å².